The molecule has 2 aromatic heterocycles. The largest absolute Gasteiger partial charge is 0.469 e. The molecule has 0 atom stereocenters. The quantitative estimate of drug-likeness (QED) is 0.275. The summed E-state index contributed by atoms with van der Waals surface area (Å²) in [6.45, 7) is 3.72. The van der Waals surface area contributed by atoms with E-state index in [-0.39, 0.29) is 23.6 Å². The van der Waals surface area contributed by atoms with Crippen molar-refractivity contribution in [1.82, 2.24) is 19.9 Å². The normalized spacial score (nSPS) is 16.6. The summed E-state index contributed by atoms with van der Waals surface area (Å²) in [7, 11) is 1.41. The lowest BCUT2D eigenvalue weighted by molar-refractivity contribution is -0.142. The molecule has 1 aromatic carbocycles. The predicted molar refractivity (Wildman–Crippen MR) is 152 cm³/mol. The van der Waals surface area contributed by atoms with E-state index in [9.17, 15) is 4.79 Å². The number of carbonyl (C=O) groups excluding carboxylic acids is 1. The second kappa shape index (κ2) is 13.1. The number of hydrogen-bond acceptors (Lipinski definition) is 8. The highest BCUT2D eigenvalue weighted by atomic mass is 35.5. The summed E-state index contributed by atoms with van der Waals surface area (Å²) in [6.07, 6.45) is 8.70. The maximum absolute atomic E-state index is 15.8. The first kappa shape index (κ1) is 28.5. The van der Waals surface area contributed by atoms with Gasteiger partial charge in [-0.05, 0) is 75.4 Å². The standard InChI is InChI=1S/C29H32Cl2FN5O3/c1-39-27(38)11-19-5-9-36(10-6-19)18-21-14-24(20-12-22(30)15-23(31)13-20)35-29(28(21)32)40-26-17-33-25(16-34-26)37-7-3-2-4-8-37/h12-17,19H,2-11,18H2,1H3. The monoisotopic (exact) mass is 587 g/mol. The molecule has 2 fully saturated rings. The Morgan fingerprint density at radius 3 is 2.38 bits per heavy atom. The molecule has 0 unspecified atom stereocenters. The van der Waals surface area contributed by atoms with E-state index in [4.69, 9.17) is 32.7 Å². The SMILES string of the molecule is COC(=O)CC1CCN(Cc2cc(-c3cc(Cl)cc(Cl)c3)nc(Oc3cnc(N4CCCCC4)cn3)c2F)CC1. The minimum atomic E-state index is -0.560. The highest BCUT2D eigenvalue weighted by molar-refractivity contribution is 6.35. The molecule has 3 aromatic rings. The molecule has 2 saturated heterocycles. The maximum atomic E-state index is 15.8. The lowest BCUT2D eigenvalue weighted by Crippen LogP contribution is -2.34. The van der Waals surface area contributed by atoms with Gasteiger partial charge in [-0.25, -0.2) is 19.3 Å². The fourth-order valence-electron chi connectivity index (χ4n) is 5.24. The third kappa shape index (κ3) is 7.19. The van der Waals surface area contributed by atoms with Gasteiger partial charge in [0.2, 0.25) is 5.88 Å². The van der Waals surface area contributed by atoms with Crippen molar-refractivity contribution in [2.75, 3.05) is 38.2 Å². The minimum Gasteiger partial charge on any atom is -0.469 e. The lowest BCUT2D eigenvalue weighted by Gasteiger charge is -2.31. The van der Waals surface area contributed by atoms with Gasteiger partial charge in [0.05, 0.1) is 25.2 Å². The summed E-state index contributed by atoms with van der Waals surface area (Å²) < 4.78 is 26.5. The number of pyridine rings is 1. The number of carbonyl (C=O) groups is 1. The van der Waals surface area contributed by atoms with Crippen LogP contribution in [0.2, 0.25) is 10.0 Å². The van der Waals surface area contributed by atoms with Gasteiger partial charge in [-0.1, -0.05) is 23.2 Å². The number of aromatic nitrogens is 3. The molecule has 0 N–H and O–H groups in total. The number of ether oxygens (including phenoxy) is 2. The molecule has 0 spiro atoms. The molecule has 212 valence electrons. The molecule has 0 radical (unpaired) electrons. The van der Waals surface area contributed by atoms with Crippen molar-refractivity contribution < 1.29 is 18.7 Å². The highest BCUT2D eigenvalue weighted by Crippen LogP contribution is 2.33. The van der Waals surface area contributed by atoms with Crippen molar-refractivity contribution >= 4 is 35.0 Å². The molecule has 11 heteroatoms. The molecule has 0 amide bonds. The van der Waals surface area contributed by atoms with Crippen molar-refractivity contribution in [2.45, 2.75) is 45.1 Å². The van der Waals surface area contributed by atoms with E-state index in [0.29, 0.717) is 39.8 Å². The molecule has 0 bridgehead atoms. The number of nitrogens with zero attached hydrogens (tertiary/aromatic N) is 5. The van der Waals surface area contributed by atoms with E-state index in [1.807, 2.05) is 0 Å². The van der Waals surface area contributed by atoms with Crippen LogP contribution in [-0.2, 0) is 16.1 Å². The van der Waals surface area contributed by atoms with E-state index in [1.54, 1.807) is 30.5 Å². The highest BCUT2D eigenvalue weighted by Gasteiger charge is 2.25. The topological polar surface area (TPSA) is 80.7 Å². The van der Waals surface area contributed by atoms with Crippen LogP contribution < -0.4 is 9.64 Å². The number of methoxy groups -OCH3 is 1. The van der Waals surface area contributed by atoms with Gasteiger partial charge in [-0.3, -0.25) is 9.69 Å². The smallest absolute Gasteiger partial charge is 0.305 e. The first-order valence-corrected chi connectivity index (χ1v) is 14.3. The first-order valence-electron chi connectivity index (χ1n) is 13.6. The molecule has 0 saturated carbocycles. The molecular weight excluding hydrogens is 556 g/mol. The molecule has 40 heavy (non-hydrogen) atoms. The number of halogens is 3. The van der Waals surface area contributed by atoms with Crippen LogP contribution in [0.5, 0.6) is 11.8 Å². The van der Waals surface area contributed by atoms with E-state index < -0.39 is 5.82 Å². The van der Waals surface area contributed by atoms with E-state index >= 15 is 4.39 Å². The van der Waals surface area contributed by atoms with Crippen LogP contribution in [0.15, 0.2) is 36.7 Å². The van der Waals surface area contributed by atoms with Gasteiger partial charge in [0.25, 0.3) is 5.88 Å². The van der Waals surface area contributed by atoms with Gasteiger partial charge in [0, 0.05) is 47.2 Å². The predicted octanol–water partition coefficient (Wildman–Crippen LogP) is 6.54. The Labute approximate surface area is 243 Å². The summed E-state index contributed by atoms with van der Waals surface area (Å²) in [5.41, 5.74) is 1.56. The number of esters is 1. The molecule has 0 aliphatic carbocycles. The molecule has 2 aliphatic rings. The number of rotatable bonds is 8. The van der Waals surface area contributed by atoms with Crippen molar-refractivity contribution in [3.63, 3.8) is 0 Å². The summed E-state index contributed by atoms with van der Waals surface area (Å²) in [5.74, 6) is 0.250. The maximum Gasteiger partial charge on any atom is 0.305 e. The Hall–Kier alpha value is -3.01. The molecule has 4 heterocycles. The zero-order valence-corrected chi connectivity index (χ0v) is 23.9. The van der Waals surface area contributed by atoms with Gasteiger partial charge in [-0.2, -0.15) is 0 Å². The van der Waals surface area contributed by atoms with Crippen molar-refractivity contribution in [3.8, 4) is 23.0 Å². The number of hydrogen-bond donors (Lipinski definition) is 0. The summed E-state index contributed by atoms with van der Waals surface area (Å²) in [6, 6.07) is 6.79. The van der Waals surface area contributed by atoms with Gasteiger partial charge in [0.1, 0.15) is 5.82 Å². The number of piperidine rings is 2. The fraction of sp³-hybridized carbons (Fsp3) is 0.448. The van der Waals surface area contributed by atoms with Crippen molar-refractivity contribution in [3.05, 3.63) is 58.1 Å². The minimum absolute atomic E-state index is 0.156. The van der Waals surface area contributed by atoms with Crippen LogP contribution in [0.25, 0.3) is 11.3 Å². The van der Waals surface area contributed by atoms with Gasteiger partial charge < -0.3 is 14.4 Å². The van der Waals surface area contributed by atoms with Crippen LogP contribution in [0.4, 0.5) is 10.2 Å². The number of anilines is 1. The summed E-state index contributed by atoms with van der Waals surface area (Å²) >= 11 is 12.5. The molecule has 5 rings (SSSR count). The van der Waals surface area contributed by atoms with Crippen LogP contribution in [0.3, 0.4) is 0 Å². The zero-order chi connectivity index (χ0) is 28.1. The number of benzene rings is 1. The van der Waals surface area contributed by atoms with Crippen LogP contribution >= 0.6 is 23.2 Å². The Balaban J connectivity index is 1.38. The van der Waals surface area contributed by atoms with Gasteiger partial charge >= 0.3 is 5.97 Å². The second-order valence-corrected chi connectivity index (χ2v) is 11.2. The average molecular weight is 589 g/mol. The third-order valence-electron chi connectivity index (χ3n) is 7.44. The average Bonchev–Trinajstić information content (AvgIpc) is 2.96. The summed E-state index contributed by atoms with van der Waals surface area (Å²) in [4.78, 5) is 29.4. The van der Waals surface area contributed by atoms with E-state index in [2.05, 4.69) is 24.8 Å². The molecule has 8 nitrogen and oxygen atoms in total. The summed E-state index contributed by atoms with van der Waals surface area (Å²) in [5, 5.41) is 0.897. The van der Waals surface area contributed by atoms with Crippen molar-refractivity contribution in [1.29, 1.82) is 0 Å². The molecular formula is C29H32Cl2FN5O3. The van der Waals surface area contributed by atoms with E-state index in [0.717, 1.165) is 57.7 Å². The Kier molecular flexibility index (Phi) is 9.34. The van der Waals surface area contributed by atoms with Gasteiger partial charge in [-0.15, -0.1) is 0 Å². The van der Waals surface area contributed by atoms with Crippen LogP contribution in [0.1, 0.15) is 44.1 Å². The fourth-order valence-corrected chi connectivity index (χ4v) is 5.77. The first-order chi connectivity index (χ1) is 19.4. The Bertz CT molecular complexity index is 1310. The Morgan fingerprint density at radius 2 is 1.73 bits per heavy atom. The second-order valence-electron chi connectivity index (χ2n) is 10.3. The van der Waals surface area contributed by atoms with Crippen LogP contribution in [-0.4, -0.2) is 59.1 Å². The van der Waals surface area contributed by atoms with Gasteiger partial charge in [0.15, 0.2) is 5.82 Å². The van der Waals surface area contributed by atoms with Crippen molar-refractivity contribution in [2.24, 2.45) is 5.92 Å². The number of likely N-dealkylation sites (tertiary alicyclic amines) is 1. The third-order valence-corrected chi connectivity index (χ3v) is 7.88. The lowest BCUT2D eigenvalue weighted by atomic mass is 9.93. The zero-order valence-electron chi connectivity index (χ0n) is 22.4. The Morgan fingerprint density at radius 1 is 1.00 bits per heavy atom. The molecule has 2 aliphatic heterocycles. The van der Waals surface area contributed by atoms with Crippen LogP contribution in [0, 0.1) is 11.7 Å². The van der Waals surface area contributed by atoms with E-state index in [1.165, 1.54) is 19.7 Å².